The van der Waals surface area contributed by atoms with Crippen LogP contribution in [0.4, 0.5) is 5.69 Å². The Balaban J connectivity index is 1.82. The quantitative estimate of drug-likeness (QED) is 0.742. The van der Waals surface area contributed by atoms with Crippen molar-refractivity contribution in [1.82, 2.24) is 4.90 Å². The van der Waals surface area contributed by atoms with Crippen molar-refractivity contribution >= 4 is 44.8 Å². The van der Waals surface area contributed by atoms with Gasteiger partial charge in [0.15, 0.2) is 0 Å². The fraction of sp³-hybridized carbons (Fsp3) is 0.316. The summed E-state index contributed by atoms with van der Waals surface area (Å²) in [4.78, 5) is 14.4. The smallest absolute Gasteiger partial charge is 0.253 e. The van der Waals surface area contributed by atoms with Crippen molar-refractivity contribution in [3.63, 3.8) is 0 Å². The number of hydrogen-bond acceptors (Lipinski definition) is 3. The highest BCUT2D eigenvalue weighted by Crippen LogP contribution is 2.35. The van der Waals surface area contributed by atoms with Crippen LogP contribution in [-0.2, 0) is 23.0 Å². The Morgan fingerprint density at radius 2 is 1.89 bits per heavy atom. The summed E-state index contributed by atoms with van der Waals surface area (Å²) in [5, 5.41) is 0.917. The monoisotopic (exact) mass is 426 g/mol. The van der Waals surface area contributed by atoms with Crippen molar-refractivity contribution in [2.24, 2.45) is 0 Å². The molecule has 1 unspecified atom stereocenters. The van der Waals surface area contributed by atoms with Crippen LogP contribution in [0.2, 0.25) is 10.0 Å². The van der Waals surface area contributed by atoms with Gasteiger partial charge >= 0.3 is 0 Å². The van der Waals surface area contributed by atoms with Gasteiger partial charge in [-0.3, -0.25) is 9.10 Å². The maximum Gasteiger partial charge on any atom is 0.253 e. The topological polar surface area (TPSA) is 57.7 Å². The molecule has 0 fully saturated rings. The summed E-state index contributed by atoms with van der Waals surface area (Å²) >= 11 is 12.0. The third kappa shape index (κ3) is 4.08. The van der Waals surface area contributed by atoms with Crippen molar-refractivity contribution in [3.05, 3.63) is 63.1 Å². The summed E-state index contributed by atoms with van der Waals surface area (Å²) < 4.78 is 25.5. The van der Waals surface area contributed by atoms with Crippen LogP contribution in [0.15, 0.2) is 36.4 Å². The molecule has 1 heterocycles. The standard InChI is InChI=1S/C19H20Cl2N2O3S/c1-12-8-15-10-14(5-7-18(15)23(12)27(3,25)26)19(24)22(2)11-13-4-6-16(20)17(21)9-13/h4-7,9-10,12H,8,11H2,1-3H3. The van der Waals surface area contributed by atoms with E-state index in [9.17, 15) is 13.2 Å². The molecular weight excluding hydrogens is 407 g/mol. The number of fused-ring (bicyclic) bond motifs is 1. The SMILES string of the molecule is CC1Cc2cc(C(=O)N(C)Cc3ccc(Cl)c(Cl)c3)ccc2N1S(C)(=O)=O. The van der Waals surface area contributed by atoms with E-state index >= 15 is 0 Å². The van der Waals surface area contributed by atoms with E-state index < -0.39 is 10.0 Å². The number of rotatable bonds is 4. The van der Waals surface area contributed by atoms with E-state index in [4.69, 9.17) is 23.2 Å². The molecule has 0 spiro atoms. The summed E-state index contributed by atoms with van der Waals surface area (Å²) in [6, 6.07) is 10.3. The number of benzene rings is 2. The molecule has 0 radical (unpaired) electrons. The largest absolute Gasteiger partial charge is 0.337 e. The highest BCUT2D eigenvalue weighted by atomic mass is 35.5. The number of nitrogens with zero attached hydrogens (tertiary/aromatic N) is 2. The minimum atomic E-state index is -3.35. The number of carbonyl (C=O) groups is 1. The molecule has 0 N–H and O–H groups in total. The third-order valence-corrected chi connectivity index (χ3v) is 6.60. The molecule has 3 rings (SSSR count). The molecule has 0 aromatic heterocycles. The molecule has 0 saturated heterocycles. The zero-order valence-electron chi connectivity index (χ0n) is 15.2. The average Bonchev–Trinajstić information content (AvgIpc) is 2.92. The van der Waals surface area contributed by atoms with Crippen molar-refractivity contribution in [2.45, 2.75) is 25.9 Å². The zero-order valence-corrected chi connectivity index (χ0v) is 17.6. The highest BCUT2D eigenvalue weighted by Gasteiger charge is 2.33. The molecule has 1 atom stereocenters. The number of halogens is 2. The van der Waals surface area contributed by atoms with Gasteiger partial charge in [-0.05, 0) is 54.8 Å². The first-order valence-corrected chi connectivity index (χ1v) is 11.0. The Morgan fingerprint density at radius 3 is 2.52 bits per heavy atom. The van der Waals surface area contributed by atoms with E-state index in [2.05, 4.69) is 0 Å². The van der Waals surface area contributed by atoms with Gasteiger partial charge in [0.25, 0.3) is 5.91 Å². The minimum Gasteiger partial charge on any atom is -0.337 e. The molecule has 2 aromatic carbocycles. The van der Waals surface area contributed by atoms with Crippen molar-refractivity contribution in [2.75, 3.05) is 17.6 Å². The van der Waals surface area contributed by atoms with E-state index in [0.29, 0.717) is 34.3 Å². The number of amides is 1. The van der Waals surface area contributed by atoms with Gasteiger partial charge in [-0.1, -0.05) is 29.3 Å². The van der Waals surface area contributed by atoms with Crippen molar-refractivity contribution in [3.8, 4) is 0 Å². The lowest BCUT2D eigenvalue weighted by Gasteiger charge is -2.22. The van der Waals surface area contributed by atoms with E-state index in [0.717, 1.165) is 11.1 Å². The Hall–Kier alpha value is -1.76. The molecule has 0 bridgehead atoms. The van der Waals surface area contributed by atoms with Crippen molar-refractivity contribution in [1.29, 1.82) is 0 Å². The minimum absolute atomic E-state index is 0.144. The first-order valence-electron chi connectivity index (χ1n) is 8.39. The lowest BCUT2D eigenvalue weighted by atomic mass is 10.1. The Kier molecular flexibility index (Phi) is 5.43. The van der Waals surface area contributed by atoms with Gasteiger partial charge in [0.05, 0.1) is 22.0 Å². The van der Waals surface area contributed by atoms with Gasteiger partial charge in [-0.15, -0.1) is 0 Å². The molecule has 27 heavy (non-hydrogen) atoms. The molecule has 1 aliphatic rings. The third-order valence-electron chi connectivity index (χ3n) is 4.59. The molecule has 8 heteroatoms. The molecule has 1 amide bonds. The second-order valence-electron chi connectivity index (χ2n) is 6.87. The highest BCUT2D eigenvalue weighted by molar-refractivity contribution is 7.92. The lowest BCUT2D eigenvalue weighted by Crippen LogP contribution is -2.34. The maximum absolute atomic E-state index is 12.8. The fourth-order valence-corrected chi connectivity index (χ4v) is 5.03. The van der Waals surface area contributed by atoms with E-state index in [1.54, 1.807) is 42.3 Å². The van der Waals surface area contributed by atoms with Crippen LogP contribution < -0.4 is 4.31 Å². The number of carbonyl (C=O) groups excluding carboxylic acids is 1. The van der Waals surface area contributed by atoms with Gasteiger partial charge in [0, 0.05) is 25.2 Å². The van der Waals surface area contributed by atoms with Gasteiger partial charge in [0.1, 0.15) is 0 Å². The zero-order chi connectivity index (χ0) is 19.9. The van der Waals surface area contributed by atoms with E-state index in [-0.39, 0.29) is 11.9 Å². The van der Waals surface area contributed by atoms with Crippen LogP contribution in [0.1, 0.15) is 28.4 Å². The normalized spacial score (nSPS) is 16.3. The van der Waals surface area contributed by atoms with Gasteiger partial charge in [-0.25, -0.2) is 8.42 Å². The molecule has 0 aliphatic carbocycles. The van der Waals surface area contributed by atoms with Gasteiger partial charge < -0.3 is 4.90 Å². The van der Waals surface area contributed by atoms with Crippen LogP contribution in [0, 0.1) is 0 Å². The van der Waals surface area contributed by atoms with Crippen LogP contribution >= 0.6 is 23.2 Å². The predicted molar refractivity (Wildman–Crippen MR) is 109 cm³/mol. The van der Waals surface area contributed by atoms with Gasteiger partial charge in [-0.2, -0.15) is 0 Å². The van der Waals surface area contributed by atoms with Crippen LogP contribution in [0.5, 0.6) is 0 Å². The van der Waals surface area contributed by atoms with E-state index in [1.165, 1.54) is 10.6 Å². The Labute approximate surface area is 169 Å². The number of hydrogen-bond donors (Lipinski definition) is 0. The summed E-state index contributed by atoms with van der Waals surface area (Å²) in [5.74, 6) is -0.144. The summed E-state index contributed by atoms with van der Waals surface area (Å²) in [5.41, 5.74) is 2.91. The van der Waals surface area contributed by atoms with Crippen LogP contribution in [-0.4, -0.2) is 38.6 Å². The van der Waals surface area contributed by atoms with Crippen LogP contribution in [0.3, 0.4) is 0 Å². The molecular formula is C19H20Cl2N2O3S. The first kappa shape index (κ1) is 20.0. The van der Waals surface area contributed by atoms with Gasteiger partial charge in [0.2, 0.25) is 10.0 Å². The Morgan fingerprint density at radius 1 is 1.19 bits per heavy atom. The maximum atomic E-state index is 12.8. The van der Waals surface area contributed by atoms with Crippen LogP contribution in [0.25, 0.3) is 0 Å². The predicted octanol–water partition coefficient (Wildman–Crippen LogP) is 3.98. The van der Waals surface area contributed by atoms with Crippen molar-refractivity contribution < 1.29 is 13.2 Å². The molecule has 5 nitrogen and oxygen atoms in total. The summed E-state index contributed by atoms with van der Waals surface area (Å²) in [6.45, 7) is 2.25. The molecule has 1 aliphatic heterocycles. The number of sulfonamides is 1. The fourth-order valence-electron chi connectivity index (χ4n) is 3.45. The molecule has 2 aromatic rings. The average molecular weight is 427 g/mol. The summed E-state index contributed by atoms with van der Waals surface area (Å²) in [7, 11) is -1.64. The van der Waals surface area contributed by atoms with E-state index in [1.807, 2.05) is 13.0 Å². The second-order valence-corrected chi connectivity index (χ2v) is 9.54. The number of anilines is 1. The first-order chi connectivity index (χ1) is 12.6. The molecule has 144 valence electrons. The summed E-state index contributed by atoms with van der Waals surface area (Å²) in [6.07, 6.45) is 1.78. The lowest BCUT2D eigenvalue weighted by molar-refractivity contribution is 0.0785. The molecule has 0 saturated carbocycles. The Bertz CT molecular complexity index is 1010. The second kappa shape index (κ2) is 7.34.